The summed E-state index contributed by atoms with van der Waals surface area (Å²) in [5.41, 5.74) is 0. The molecule has 0 aromatic carbocycles. The second-order valence-corrected chi connectivity index (χ2v) is 15.1. The Bertz CT molecular complexity index is 237. The molecule has 1 aliphatic rings. The largest absolute Gasteiger partial charge is 0.147 e. The summed E-state index contributed by atoms with van der Waals surface area (Å²) >= 11 is -0.529. The molecule has 0 bridgehead atoms. The molecule has 0 atom stereocenters. The van der Waals surface area contributed by atoms with Crippen LogP contribution in [0, 0.1) is 0 Å². The number of allylic oxidation sites excluding steroid dienone is 4. The van der Waals surface area contributed by atoms with E-state index in [-0.39, 0.29) is 37.2 Å². The molecule has 0 spiro atoms. The first kappa shape index (κ1) is 22.8. The molecule has 0 saturated carbocycles. The fourth-order valence-corrected chi connectivity index (χ4v) is 12.3. The molecule has 0 heterocycles. The van der Waals surface area contributed by atoms with E-state index in [1.807, 2.05) is 3.33 Å². The van der Waals surface area contributed by atoms with Gasteiger partial charge in [-0.2, -0.15) is 0 Å². The Morgan fingerprint density at radius 3 is 2.19 bits per heavy atom. The monoisotopic (exact) mass is 470 g/mol. The molecule has 0 unspecified atom stereocenters. The predicted octanol–water partition coefficient (Wildman–Crippen LogP) is 5.12. The van der Waals surface area contributed by atoms with Crippen LogP contribution >= 0.6 is 45.1 Å². The smallest absolute Gasteiger partial charge is 0.147 e. The zero-order valence-corrected chi connectivity index (χ0v) is 17.3. The second-order valence-electron chi connectivity index (χ2n) is 4.57. The first-order chi connectivity index (χ1) is 5.99. The molecule has 96 valence electrons. The Hall–Kier alpha value is 1.65. The van der Waals surface area contributed by atoms with Gasteiger partial charge in [-0.05, 0) is 0 Å². The third kappa shape index (κ3) is 9.66. The van der Waals surface area contributed by atoms with Crippen molar-refractivity contribution in [3.05, 3.63) is 21.6 Å². The molecular weight excluding hydrogens is 448 g/mol. The van der Waals surface area contributed by atoms with Crippen LogP contribution in [0.2, 0.25) is 3.17 Å². The van der Waals surface area contributed by atoms with E-state index in [2.05, 4.69) is 45.4 Å². The van der Waals surface area contributed by atoms with E-state index in [1.54, 1.807) is 0 Å². The first-order valence-electron chi connectivity index (χ1n) is 4.78. The molecule has 0 amide bonds. The Morgan fingerprint density at radius 2 is 1.81 bits per heavy atom. The first-order valence-corrected chi connectivity index (χ1v) is 10.8. The summed E-state index contributed by atoms with van der Waals surface area (Å²) < 4.78 is 2.51. The van der Waals surface area contributed by atoms with Gasteiger partial charge in [0.2, 0.25) is 0 Å². The van der Waals surface area contributed by atoms with Crippen molar-refractivity contribution < 1.29 is 22.9 Å². The molecule has 0 fully saturated rings. The average molecular weight is 470 g/mol. The van der Waals surface area contributed by atoms with E-state index in [1.165, 1.54) is 12.6 Å². The van der Waals surface area contributed by atoms with Crippen molar-refractivity contribution in [3.63, 3.8) is 0 Å². The molecule has 1 rings (SSSR count). The molecule has 5 heteroatoms. The van der Waals surface area contributed by atoms with Crippen LogP contribution in [0.1, 0.15) is 20.3 Å². The Labute approximate surface area is 131 Å². The van der Waals surface area contributed by atoms with Gasteiger partial charge in [-0.25, -0.2) is 0 Å². The number of hydrogen-bond acceptors (Lipinski definition) is 0. The fourth-order valence-electron chi connectivity index (χ4n) is 1.80. The molecule has 1 aliphatic carbocycles. The molecule has 0 nitrogen and oxygen atoms in total. The van der Waals surface area contributed by atoms with Gasteiger partial charge in [-0.3, -0.25) is 0 Å². The van der Waals surface area contributed by atoms with Crippen LogP contribution in [0.25, 0.3) is 0 Å². The van der Waals surface area contributed by atoms with E-state index in [0.717, 1.165) is 0 Å². The van der Waals surface area contributed by atoms with Gasteiger partial charge in [0.15, 0.2) is 0 Å². The van der Waals surface area contributed by atoms with Gasteiger partial charge in [-0.1, -0.05) is 0 Å². The number of rotatable bonds is 4. The average Bonchev–Trinajstić information content (AvgIpc) is 2.34. The fraction of sp³-hybridized carbons (Fsp3) is 0.636. The predicted molar refractivity (Wildman–Crippen MR) is 81.3 cm³/mol. The third-order valence-electron chi connectivity index (χ3n) is 1.98. The molecule has 0 N–H and O–H groups in total. The zero-order chi connectivity index (χ0) is 9.90. The van der Waals surface area contributed by atoms with Crippen LogP contribution < -0.4 is 0 Å². The van der Waals surface area contributed by atoms with Crippen LogP contribution in [-0.4, -0.2) is 19.5 Å². The Kier molecular flexibility index (Phi) is 15.0. The topological polar surface area (TPSA) is 0 Å². The van der Waals surface area contributed by atoms with Crippen molar-refractivity contribution >= 4 is 45.1 Å². The van der Waals surface area contributed by atoms with E-state index < -0.39 is 22.9 Å². The number of hydrogen-bond donors (Lipinski definition) is 0. The molecular formula is C11H22Cl3HfP. The quantitative estimate of drug-likeness (QED) is 0.396. The van der Waals surface area contributed by atoms with E-state index >= 15 is 0 Å². The van der Waals surface area contributed by atoms with Gasteiger partial charge in [0.1, 0.15) is 0 Å². The Balaban J connectivity index is -0.000000563. The van der Waals surface area contributed by atoms with Crippen molar-refractivity contribution in [3.8, 4) is 0 Å². The summed E-state index contributed by atoms with van der Waals surface area (Å²) in [6.07, 6.45) is 9.66. The maximum absolute atomic E-state index is 2.48. The van der Waals surface area contributed by atoms with Crippen molar-refractivity contribution in [1.82, 2.24) is 0 Å². The van der Waals surface area contributed by atoms with Crippen molar-refractivity contribution in [1.29, 1.82) is 0 Å². The van der Waals surface area contributed by atoms with Gasteiger partial charge in [0, 0.05) is 0 Å². The summed E-state index contributed by atoms with van der Waals surface area (Å²) in [5.74, 6) is 0. The summed E-state index contributed by atoms with van der Waals surface area (Å²) in [6, 6.07) is 0. The summed E-state index contributed by atoms with van der Waals surface area (Å²) in [4.78, 5) is 0. The van der Waals surface area contributed by atoms with Crippen LogP contribution in [-0.2, 0) is 22.9 Å². The van der Waals surface area contributed by atoms with Crippen LogP contribution in [0.15, 0.2) is 21.6 Å². The molecule has 0 aromatic rings. The van der Waals surface area contributed by atoms with Crippen LogP contribution in [0.3, 0.4) is 0 Å². The van der Waals surface area contributed by atoms with Crippen molar-refractivity contribution in [2.75, 3.05) is 19.5 Å². The van der Waals surface area contributed by atoms with Gasteiger partial charge >= 0.3 is 95.3 Å². The van der Waals surface area contributed by atoms with Gasteiger partial charge < -0.3 is 0 Å². The maximum Gasteiger partial charge on any atom is -0.147 e. The Morgan fingerprint density at radius 1 is 1.25 bits per heavy atom. The third-order valence-corrected chi connectivity index (χ3v) is 10.0. The SMILES string of the molecule is CP(C)C[C](C)(C)[Hf][C]1=CC=CC1.Cl.Cl.Cl. The molecule has 0 aromatic heterocycles. The second kappa shape index (κ2) is 10.6. The minimum atomic E-state index is -0.529. The molecule has 0 saturated heterocycles. The summed E-state index contributed by atoms with van der Waals surface area (Å²) in [5, 5.41) is 0. The number of halogens is 3. The van der Waals surface area contributed by atoms with Crippen molar-refractivity contribution in [2.45, 2.75) is 23.4 Å². The van der Waals surface area contributed by atoms with Crippen LogP contribution in [0.4, 0.5) is 0 Å². The molecule has 0 aliphatic heterocycles. The summed E-state index contributed by atoms with van der Waals surface area (Å²) in [7, 11) is 0.292. The van der Waals surface area contributed by atoms with Crippen molar-refractivity contribution in [2.24, 2.45) is 0 Å². The van der Waals surface area contributed by atoms with Gasteiger partial charge in [-0.15, -0.1) is 37.2 Å². The molecule has 16 heavy (non-hydrogen) atoms. The van der Waals surface area contributed by atoms with E-state index in [9.17, 15) is 0 Å². The minimum absolute atomic E-state index is 0. The summed E-state index contributed by atoms with van der Waals surface area (Å²) in [6.45, 7) is 9.78. The standard InChI is InChI=1S/C6H14P.C5H5.3ClH.Hf/c1-6(2)5-7(3)4;1-2-4-5-3-1;;;;/h5H2,1-4H3;1-3H,4H2;3*1H;. The van der Waals surface area contributed by atoms with Crippen LogP contribution in [0.5, 0.6) is 0 Å². The van der Waals surface area contributed by atoms with Gasteiger partial charge in [0.25, 0.3) is 0 Å². The van der Waals surface area contributed by atoms with E-state index in [0.29, 0.717) is 11.1 Å². The minimum Gasteiger partial charge on any atom is -0.147 e. The normalized spacial score (nSPS) is 13.4. The molecule has 0 radical (unpaired) electrons. The maximum atomic E-state index is 2.48. The van der Waals surface area contributed by atoms with E-state index in [4.69, 9.17) is 0 Å². The van der Waals surface area contributed by atoms with Gasteiger partial charge in [0.05, 0.1) is 0 Å². The zero-order valence-electron chi connectivity index (χ0n) is 10.3.